The maximum atomic E-state index is 2.54. The predicted octanol–water partition coefficient (Wildman–Crippen LogP) is 4.13. The number of unbranched alkanes of at least 4 members (excludes halogenated alkanes) is 2. The van der Waals surface area contributed by atoms with Crippen LogP contribution in [0.3, 0.4) is 0 Å². The third kappa shape index (κ3) is 2.31. The van der Waals surface area contributed by atoms with Crippen LogP contribution in [0.5, 0.6) is 0 Å². The van der Waals surface area contributed by atoms with Gasteiger partial charge in [-0.1, -0.05) is 43.7 Å². The standard InChI is InChI=1S/C13H19NS/c1-3-4-7-10-14-11(2)15-13-9-6-5-8-12(13)14/h5-6,8-9,11H,3-4,7,10H2,1-2H3. The molecule has 1 nitrogen and oxygen atoms in total. The summed E-state index contributed by atoms with van der Waals surface area (Å²) in [7, 11) is 0. The van der Waals surface area contributed by atoms with Crippen molar-refractivity contribution >= 4 is 17.4 Å². The van der Waals surface area contributed by atoms with Gasteiger partial charge in [-0.05, 0) is 25.5 Å². The minimum Gasteiger partial charge on any atom is -0.359 e. The summed E-state index contributed by atoms with van der Waals surface area (Å²) in [5.41, 5.74) is 1.44. The minimum atomic E-state index is 0.610. The maximum absolute atomic E-state index is 2.54. The molecule has 1 unspecified atom stereocenters. The van der Waals surface area contributed by atoms with E-state index in [4.69, 9.17) is 0 Å². The van der Waals surface area contributed by atoms with Gasteiger partial charge >= 0.3 is 0 Å². The Labute approximate surface area is 96.9 Å². The zero-order valence-electron chi connectivity index (χ0n) is 9.57. The molecule has 0 saturated heterocycles. The molecule has 0 fully saturated rings. The number of nitrogens with zero attached hydrogens (tertiary/aromatic N) is 1. The fourth-order valence-corrected chi connectivity index (χ4v) is 3.25. The van der Waals surface area contributed by atoms with Gasteiger partial charge in [0.15, 0.2) is 0 Å². The van der Waals surface area contributed by atoms with Crippen LogP contribution in [0.2, 0.25) is 0 Å². The first-order valence-electron chi connectivity index (χ1n) is 5.85. The molecule has 1 aliphatic heterocycles. The van der Waals surface area contributed by atoms with Gasteiger partial charge in [0.1, 0.15) is 0 Å². The molecule has 1 atom stereocenters. The highest BCUT2D eigenvalue weighted by Crippen LogP contribution is 2.42. The molecule has 82 valence electrons. The second kappa shape index (κ2) is 4.93. The molecule has 0 amide bonds. The Bertz CT molecular complexity index is 324. The molecule has 1 aliphatic rings. The van der Waals surface area contributed by atoms with Crippen LogP contribution in [-0.4, -0.2) is 11.9 Å². The van der Waals surface area contributed by atoms with Crippen LogP contribution in [0.1, 0.15) is 33.1 Å². The van der Waals surface area contributed by atoms with Gasteiger partial charge in [-0.15, -0.1) is 0 Å². The molecule has 0 aliphatic carbocycles. The molecule has 15 heavy (non-hydrogen) atoms. The highest BCUT2D eigenvalue weighted by atomic mass is 32.2. The Hall–Kier alpha value is -0.630. The van der Waals surface area contributed by atoms with Crippen LogP contribution in [-0.2, 0) is 0 Å². The number of thioether (sulfide) groups is 1. The van der Waals surface area contributed by atoms with Gasteiger partial charge in [0.25, 0.3) is 0 Å². The fraction of sp³-hybridized carbons (Fsp3) is 0.538. The predicted molar refractivity (Wildman–Crippen MR) is 68.6 cm³/mol. The first-order chi connectivity index (χ1) is 7.33. The lowest BCUT2D eigenvalue weighted by Gasteiger charge is -2.23. The molecule has 0 bridgehead atoms. The Morgan fingerprint density at radius 1 is 1.27 bits per heavy atom. The van der Waals surface area contributed by atoms with Gasteiger partial charge < -0.3 is 4.90 Å². The molecule has 0 spiro atoms. The molecule has 1 aromatic carbocycles. The molecule has 0 radical (unpaired) electrons. The largest absolute Gasteiger partial charge is 0.359 e. The Morgan fingerprint density at radius 3 is 2.87 bits per heavy atom. The Balaban J connectivity index is 2.05. The van der Waals surface area contributed by atoms with Gasteiger partial charge in [0.2, 0.25) is 0 Å². The second-order valence-electron chi connectivity index (χ2n) is 4.09. The van der Waals surface area contributed by atoms with Crippen LogP contribution >= 0.6 is 11.8 Å². The summed E-state index contributed by atoms with van der Waals surface area (Å²) in [5, 5.41) is 0.610. The number of hydrogen-bond acceptors (Lipinski definition) is 2. The van der Waals surface area contributed by atoms with E-state index in [0.29, 0.717) is 5.37 Å². The number of hydrogen-bond donors (Lipinski definition) is 0. The summed E-state index contributed by atoms with van der Waals surface area (Å²) in [5.74, 6) is 0. The van der Waals surface area contributed by atoms with Crippen molar-refractivity contribution in [2.45, 2.75) is 43.4 Å². The summed E-state index contributed by atoms with van der Waals surface area (Å²) in [6, 6.07) is 8.76. The van der Waals surface area contributed by atoms with Gasteiger partial charge in [-0.25, -0.2) is 0 Å². The van der Waals surface area contributed by atoms with E-state index in [1.54, 1.807) is 0 Å². The van der Waals surface area contributed by atoms with Gasteiger partial charge in [0.05, 0.1) is 11.1 Å². The monoisotopic (exact) mass is 221 g/mol. The van der Waals surface area contributed by atoms with Gasteiger partial charge in [-0.2, -0.15) is 0 Å². The summed E-state index contributed by atoms with van der Waals surface area (Å²) < 4.78 is 0. The molecule has 0 saturated carbocycles. The molecule has 2 rings (SSSR count). The molecule has 1 aromatic rings. The van der Waals surface area contributed by atoms with Crippen LogP contribution in [0.4, 0.5) is 5.69 Å². The normalized spacial score (nSPS) is 19.3. The molecule has 2 heteroatoms. The molecule has 0 N–H and O–H groups in total. The molecular weight excluding hydrogens is 202 g/mol. The van der Waals surface area contributed by atoms with Crippen LogP contribution in [0.25, 0.3) is 0 Å². The van der Waals surface area contributed by atoms with E-state index in [1.165, 1.54) is 36.4 Å². The number of benzene rings is 1. The van der Waals surface area contributed by atoms with Crippen molar-refractivity contribution in [3.05, 3.63) is 24.3 Å². The van der Waals surface area contributed by atoms with E-state index < -0.39 is 0 Å². The number of para-hydroxylation sites is 1. The van der Waals surface area contributed by atoms with E-state index in [-0.39, 0.29) is 0 Å². The van der Waals surface area contributed by atoms with Crippen molar-refractivity contribution in [3.8, 4) is 0 Å². The van der Waals surface area contributed by atoms with Crippen LogP contribution in [0.15, 0.2) is 29.2 Å². The highest BCUT2D eigenvalue weighted by molar-refractivity contribution is 8.00. The topological polar surface area (TPSA) is 3.24 Å². The van der Waals surface area contributed by atoms with Crippen molar-refractivity contribution in [1.82, 2.24) is 0 Å². The zero-order valence-corrected chi connectivity index (χ0v) is 10.4. The van der Waals surface area contributed by atoms with Crippen molar-refractivity contribution in [1.29, 1.82) is 0 Å². The quantitative estimate of drug-likeness (QED) is 0.703. The van der Waals surface area contributed by atoms with Crippen molar-refractivity contribution < 1.29 is 0 Å². The van der Waals surface area contributed by atoms with Gasteiger partial charge in [-0.3, -0.25) is 0 Å². The van der Waals surface area contributed by atoms with E-state index in [0.717, 1.165) is 0 Å². The Kier molecular flexibility index (Phi) is 3.57. The number of rotatable bonds is 4. The first-order valence-corrected chi connectivity index (χ1v) is 6.73. The number of anilines is 1. The maximum Gasteiger partial charge on any atom is 0.0769 e. The molecule has 0 aromatic heterocycles. The van der Waals surface area contributed by atoms with E-state index in [2.05, 4.69) is 43.0 Å². The van der Waals surface area contributed by atoms with E-state index in [1.807, 2.05) is 11.8 Å². The fourth-order valence-electron chi connectivity index (χ4n) is 2.07. The molecular formula is C13H19NS. The third-order valence-corrected chi connectivity index (χ3v) is 4.11. The minimum absolute atomic E-state index is 0.610. The lowest BCUT2D eigenvalue weighted by atomic mass is 10.2. The Morgan fingerprint density at radius 2 is 2.07 bits per heavy atom. The lowest BCUT2D eigenvalue weighted by molar-refractivity contribution is 0.676. The summed E-state index contributed by atoms with van der Waals surface area (Å²) in [6.07, 6.45) is 3.96. The van der Waals surface area contributed by atoms with Gasteiger partial charge in [0, 0.05) is 11.4 Å². The first kappa shape index (κ1) is 10.9. The smallest absolute Gasteiger partial charge is 0.0769 e. The third-order valence-electron chi connectivity index (χ3n) is 2.91. The highest BCUT2D eigenvalue weighted by Gasteiger charge is 2.25. The van der Waals surface area contributed by atoms with Crippen molar-refractivity contribution in [2.75, 3.05) is 11.4 Å². The average Bonchev–Trinajstić information content (AvgIpc) is 2.56. The zero-order chi connectivity index (χ0) is 10.7. The van der Waals surface area contributed by atoms with Crippen molar-refractivity contribution in [2.24, 2.45) is 0 Å². The number of fused-ring (bicyclic) bond motifs is 1. The second-order valence-corrected chi connectivity index (χ2v) is 5.44. The average molecular weight is 221 g/mol. The summed E-state index contributed by atoms with van der Waals surface area (Å²) in [6.45, 7) is 5.77. The van der Waals surface area contributed by atoms with Crippen molar-refractivity contribution in [3.63, 3.8) is 0 Å². The summed E-state index contributed by atoms with van der Waals surface area (Å²) in [4.78, 5) is 3.98. The van der Waals surface area contributed by atoms with E-state index >= 15 is 0 Å². The summed E-state index contributed by atoms with van der Waals surface area (Å²) >= 11 is 1.98. The lowest BCUT2D eigenvalue weighted by Crippen LogP contribution is -2.27. The molecule has 1 heterocycles. The SMILES string of the molecule is CCCCCN1c2ccccc2SC1C. The van der Waals surface area contributed by atoms with E-state index in [9.17, 15) is 0 Å². The van der Waals surface area contributed by atoms with Crippen LogP contribution in [0, 0.1) is 0 Å². The van der Waals surface area contributed by atoms with Crippen LogP contribution < -0.4 is 4.90 Å².